The first kappa shape index (κ1) is 13.9. The number of carbonyl (C=O) groups is 2. The molecule has 1 aromatic carbocycles. The van der Waals surface area contributed by atoms with Crippen LogP contribution in [0.4, 0.5) is 5.69 Å². The average molecular weight is 278 g/mol. The second-order valence-electron chi connectivity index (χ2n) is 4.74. The van der Waals surface area contributed by atoms with Crippen molar-refractivity contribution in [1.82, 2.24) is 5.32 Å². The van der Waals surface area contributed by atoms with E-state index in [1.54, 1.807) is 12.1 Å². The van der Waals surface area contributed by atoms with Gasteiger partial charge in [-0.15, -0.1) is 11.8 Å². The molecule has 0 saturated heterocycles. The Kier molecular flexibility index (Phi) is 4.14. The van der Waals surface area contributed by atoms with Crippen molar-refractivity contribution in [2.75, 3.05) is 5.32 Å². The molecule has 1 aliphatic heterocycles. The molecule has 0 fully saturated rings. The van der Waals surface area contributed by atoms with Crippen LogP contribution in [-0.2, 0) is 4.79 Å². The zero-order chi connectivity index (χ0) is 14.0. The van der Waals surface area contributed by atoms with Crippen LogP contribution in [0.25, 0.3) is 0 Å². The van der Waals surface area contributed by atoms with Crippen LogP contribution >= 0.6 is 11.8 Å². The Labute approximate surface area is 117 Å². The molecule has 0 aromatic heterocycles. The van der Waals surface area contributed by atoms with Crippen molar-refractivity contribution < 1.29 is 9.59 Å². The summed E-state index contributed by atoms with van der Waals surface area (Å²) in [4.78, 5) is 24.7. The van der Waals surface area contributed by atoms with Crippen molar-refractivity contribution in [3.8, 4) is 0 Å². The SMILES string of the molecule is CCC(C)NC(=O)c1ccc2c(c1)NC(=O)C(C)S2. The molecule has 0 bridgehead atoms. The van der Waals surface area contributed by atoms with Crippen molar-refractivity contribution in [2.24, 2.45) is 0 Å². The maximum absolute atomic E-state index is 12.0. The number of rotatable bonds is 3. The Morgan fingerprint density at radius 3 is 2.95 bits per heavy atom. The predicted octanol–water partition coefficient (Wildman–Crippen LogP) is 2.65. The largest absolute Gasteiger partial charge is 0.350 e. The van der Waals surface area contributed by atoms with Gasteiger partial charge in [0.05, 0.1) is 10.9 Å². The van der Waals surface area contributed by atoms with E-state index in [0.717, 1.165) is 17.0 Å². The predicted molar refractivity (Wildman–Crippen MR) is 77.6 cm³/mol. The minimum absolute atomic E-state index is 0.0167. The Bertz CT molecular complexity index is 516. The van der Waals surface area contributed by atoms with Crippen LogP contribution in [0.15, 0.2) is 23.1 Å². The monoisotopic (exact) mass is 278 g/mol. The number of hydrogen-bond donors (Lipinski definition) is 2. The summed E-state index contributed by atoms with van der Waals surface area (Å²) >= 11 is 1.52. The summed E-state index contributed by atoms with van der Waals surface area (Å²) < 4.78 is 0. The fraction of sp³-hybridized carbons (Fsp3) is 0.429. The lowest BCUT2D eigenvalue weighted by atomic mass is 10.1. The molecule has 0 radical (unpaired) electrons. The molecule has 19 heavy (non-hydrogen) atoms. The van der Waals surface area contributed by atoms with Crippen LogP contribution in [0.1, 0.15) is 37.6 Å². The second kappa shape index (κ2) is 5.65. The van der Waals surface area contributed by atoms with Gasteiger partial charge in [0.2, 0.25) is 5.91 Å². The molecule has 0 aliphatic carbocycles. The lowest BCUT2D eigenvalue weighted by Gasteiger charge is -2.22. The van der Waals surface area contributed by atoms with Gasteiger partial charge in [-0.25, -0.2) is 0 Å². The molecular weight excluding hydrogens is 260 g/mol. The van der Waals surface area contributed by atoms with Crippen LogP contribution in [0.5, 0.6) is 0 Å². The third kappa shape index (κ3) is 3.10. The number of hydrogen-bond acceptors (Lipinski definition) is 3. The maximum atomic E-state index is 12.0. The van der Waals surface area contributed by atoms with Gasteiger partial charge in [0, 0.05) is 16.5 Å². The summed E-state index contributed by atoms with van der Waals surface area (Å²) in [6.07, 6.45) is 0.890. The average Bonchev–Trinajstić information content (AvgIpc) is 2.39. The lowest BCUT2D eigenvalue weighted by Crippen LogP contribution is -2.32. The lowest BCUT2D eigenvalue weighted by molar-refractivity contribution is -0.115. The highest BCUT2D eigenvalue weighted by Crippen LogP contribution is 2.35. The van der Waals surface area contributed by atoms with Gasteiger partial charge in [0.25, 0.3) is 5.91 Å². The number of carbonyl (C=O) groups excluding carboxylic acids is 2. The Hall–Kier alpha value is -1.49. The first-order valence-electron chi connectivity index (χ1n) is 6.43. The molecule has 4 nitrogen and oxygen atoms in total. The standard InChI is InChI=1S/C14H18N2O2S/c1-4-8(2)15-14(18)10-5-6-12-11(7-10)16-13(17)9(3)19-12/h5-9H,4H2,1-3H3,(H,15,18)(H,16,17). The molecule has 0 spiro atoms. The molecule has 2 amide bonds. The first-order valence-corrected chi connectivity index (χ1v) is 7.31. The fourth-order valence-corrected chi connectivity index (χ4v) is 2.69. The number of thioether (sulfide) groups is 1. The summed E-state index contributed by atoms with van der Waals surface area (Å²) in [6, 6.07) is 5.58. The molecule has 2 unspecified atom stereocenters. The molecule has 2 atom stereocenters. The Morgan fingerprint density at radius 1 is 1.53 bits per heavy atom. The summed E-state index contributed by atoms with van der Waals surface area (Å²) in [6.45, 7) is 5.86. The molecule has 0 saturated carbocycles. The number of fused-ring (bicyclic) bond motifs is 1. The third-order valence-corrected chi connectivity index (χ3v) is 4.34. The number of benzene rings is 1. The number of nitrogens with one attached hydrogen (secondary N) is 2. The van der Waals surface area contributed by atoms with Gasteiger partial charge < -0.3 is 10.6 Å². The van der Waals surface area contributed by atoms with E-state index in [2.05, 4.69) is 10.6 Å². The highest BCUT2D eigenvalue weighted by Gasteiger charge is 2.23. The fourth-order valence-electron chi connectivity index (χ4n) is 1.76. The van der Waals surface area contributed by atoms with Gasteiger partial charge in [-0.05, 0) is 38.5 Å². The van der Waals surface area contributed by atoms with Crippen LogP contribution in [-0.4, -0.2) is 23.1 Å². The van der Waals surface area contributed by atoms with Crippen LogP contribution < -0.4 is 10.6 Å². The quantitative estimate of drug-likeness (QED) is 0.893. The smallest absolute Gasteiger partial charge is 0.251 e. The molecule has 102 valence electrons. The van der Waals surface area contributed by atoms with Gasteiger partial charge in [0.15, 0.2) is 0 Å². The first-order chi connectivity index (χ1) is 9.01. The van der Waals surface area contributed by atoms with Crippen LogP contribution in [0.3, 0.4) is 0 Å². The summed E-state index contributed by atoms with van der Waals surface area (Å²) in [5, 5.41) is 5.66. The van der Waals surface area contributed by atoms with E-state index >= 15 is 0 Å². The molecule has 1 aliphatic rings. The number of amides is 2. The molecule has 5 heteroatoms. The van der Waals surface area contributed by atoms with Gasteiger partial charge in [-0.2, -0.15) is 0 Å². The molecule has 2 N–H and O–H groups in total. The molecule has 1 aromatic rings. The van der Waals surface area contributed by atoms with Crippen LogP contribution in [0, 0.1) is 0 Å². The topological polar surface area (TPSA) is 58.2 Å². The van der Waals surface area contributed by atoms with Gasteiger partial charge in [0.1, 0.15) is 0 Å². The highest BCUT2D eigenvalue weighted by molar-refractivity contribution is 8.00. The zero-order valence-electron chi connectivity index (χ0n) is 11.3. The van der Waals surface area contributed by atoms with Gasteiger partial charge in [-0.3, -0.25) is 9.59 Å². The second-order valence-corrected chi connectivity index (χ2v) is 6.13. The Balaban J connectivity index is 2.19. The van der Waals surface area contributed by atoms with Crippen LogP contribution in [0.2, 0.25) is 0 Å². The Morgan fingerprint density at radius 2 is 2.26 bits per heavy atom. The van der Waals surface area contributed by atoms with E-state index in [1.165, 1.54) is 11.8 Å². The highest BCUT2D eigenvalue weighted by atomic mass is 32.2. The van der Waals surface area contributed by atoms with E-state index in [0.29, 0.717) is 5.56 Å². The minimum atomic E-state index is -0.102. The van der Waals surface area contributed by atoms with E-state index in [-0.39, 0.29) is 23.1 Å². The van der Waals surface area contributed by atoms with Gasteiger partial charge >= 0.3 is 0 Å². The van der Waals surface area contributed by atoms with Crippen molar-refractivity contribution in [1.29, 1.82) is 0 Å². The normalized spacial score (nSPS) is 19.3. The van der Waals surface area contributed by atoms with E-state index in [4.69, 9.17) is 0 Å². The summed E-state index contributed by atoms with van der Waals surface area (Å²) in [5.74, 6) is -0.119. The van der Waals surface area contributed by atoms with Crippen molar-refractivity contribution in [3.05, 3.63) is 23.8 Å². The van der Waals surface area contributed by atoms with Crippen molar-refractivity contribution in [3.63, 3.8) is 0 Å². The van der Waals surface area contributed by atoms with Crippen molar-refractivity contribution >= 4 is 29.3 Å². The third-order valence-electron chi connectivity index (χ3n) is 3.16. The van der Waals surface area contributed by atoms with E-state index in [9.17, 15) is 9.59 Å². The zero-order valence-corrected chi connectivity index (χ0v) is 12.1. The minimum Gasteiger partial charge on any atom is -0.350 e. The molecule has 2 rings (SSSR count). The molecule has 1 heterocycles. The van der Waals surface area contributed by atoms with Gasteiger partial charge in [-0.1, -0.05) is 6.92 Å². The van der Waals surface area contributed by atoms with E-state index in [1.807, 2.05) is 26.8 Å². The summed E-state index contributed by atoms with van der Waals surface area (Å²) in [5.41, 5.74) is 1.31. The number of anilines is 1. The van der Waals surface area contributed by atoms with E-state index < -0.39 is 0 Å². The van der Waals surface area contributed by atoms with Crippen molar-refractivity contribution in [2.45, 2.75) is 43.4 Å². The summed E-state index contributed by atoms with van der Waals surface area (Å²) in [7, 11) is 0. The molecular formula is C14H18N2O2S. The maximum Gasteiger partial charge on any atom is 0.251 e.